The minimum absolute atomic E-state index is 0.293. The van der Waals surface area contributed by atoms with Gasteiger partial charge in [0.2, 0.25) is 10.0 Å². The zero-order valence-electron chi connectivity index (χ0n) is 14.0. The van der Waals surface area contributed by atoms with Crippen LogP contribution in [0.5, 0.6) is 0 Å². The van der Waals surface area contributed by atoms with Gasteiger partial charge < -0.3 is 4.90 Å². The molecule has 0 amide bonds. The lowest BCUT2D eigenvalue weighted by atomic mass is 9.97. The number of hydrogen-bond acceptors (Lipinski definition) is 6. The van der Waals surface area contributed by atoms with Gasteiger partial charge in [-0.2, -0.15) is 5.26 Å². The number of nitriles is 1. The lowest BCUT2D eigenvalue weighted by Gasteiger charge is -2.33. The summed E-state index contributed by atoms with van der Waals surface area (Å²) in [4.78, 5) is 7.41. The number of aromatic nitrogens is 1. The summed E-state index contributed by atoms with van der Waals surface area (Å²) in [6, 6.07) is 9.17. The molecule has 2 aromatic heterocycles. The fourth-order valence-electron chi connectivity index (χ4n) is 2.94. The van der Waals surface area contributed by atoms with Gasteiger partial charge in [0, 0.05) is 30.7 Å². The van der Waals surface area contributed by atoms with Crippen LogP contribution in [0.4, 0.5) is 5.82 Å². The minimum Gasteiger partial charge on any atom is -0.356 e. The Morgan fingerprint density at radius 2 is 2.12 bits per heavy atom. The van der Waals surface area contributed by atoms with E-state index in [0.717, 1.165) is 36.6 Å². The van der Waals surface area contributed by atoms with Crippen LogP contribution in [0.2, 0.25) is 0 Å². The van der Waals surface area contributed by atoms with Gasteiger partial charge in [-0.3, -0.25) is 0 Å². The minimum atomic E-state index is -3.42. The maximum Gasteiger partial charge on any atom is 0.250 e. The molecule has 1 aliphatic heterocycles. The van der Waals surface area contributed by atoms with Gasteiger partial charge in [-0.15, -0.1) is 11.3 Å². The molecule has 0 aliphatic carbocycles. The number of piperidine rings is 1. The number of pyridine rings is 1. The van der Waals surface area contributed by atoms with Crippen molar-refractivity contribution >= 4 is 27.2 Å². The summed E-state index contributed by atoms with van der Waals surface area (Å²) in [6.07, 6.45) is 3.43. The number of rotatable bonds is 5. The van der Waals surface area contributed by atoms with Crippen LogP contribution in [0.1, 0.15) is 23.3 Å². The Labute approximate surface area is 152 Å². The number of nitrogens with one attached hydrogen (secondary N) is 1. The first-order valence-electron chi connectivity index (χ1n) is 8.16. The van der Waals surface area contributed by atoms with E-state index in [1.54, 1.807) is 24.4 Å². The highest BCUT2D eigenvalue weighted by Crippen LogP contribution is 2.25. The van der Waals surface area contributed by atoms with Crippen LogP contribution in [-0.2, 0) is 10.0 Å². The van der Waals surface area contributed by atoms with Gasteiger partial charge in [-0.25, -0.2) is 18.1 Å². The van der Waals surface area contributed by atoms with Crippen molar-refractivity contribution in [3.63, 3.8) is 0 Å². The van der Waals surface area contributed by atoms with Gasteiger partial charge in [0.05, 0.1) is 5.56 Å². The van der Waals surface area contributed by atoms with Gasteiger partial charge >= 0.3 is 0 Å². The largest absolute Gasteiger partial charge is 0.356 e. The molecule has 8 heteroatoms. The third-order valence-electron chi connectivity index (χ3n) is 4.36. The molecule has 132 valence electrons. The van der Waals surface area contributed by atoms with Gasteiger partial charge in [-0.05, 0) is 49.9 Å². The quantitative estimate of drug-likeness (QED) is 0.866. The van der Waals surface area contributed by atoms with Crippen LogP contribution in [0.25, 0.3) is 0 Å². The van der Waals surface area contributed by atoms with Crippen LogP contribution >= 0.6 is 11.3 Å². The molecule has 0 bridgehead atoms. The predicted molar refractivity (Wildman–Crippen MR) is 98.1 cm³/mol. The molecule has 1 aliphatic rings. The molecule has 2 aromatic rings. The van der Waals surface area contributed by atoms with Crippen LogP contribution in [0, 0.1) is 24.2 Å². The van der Waals surface area contributed by atoms with Crippen molar-refractivity contribution in [3.05, 3.63) is 40.9 Å². The van der Waals surface area contributed by atoms with Crippen molar-refractivity contribution in [2.75, 3.05) is 24.5 Å². The third-order valence-corrected chi connectivity index (χ3v) is 7.28. The number of nitrogens with zero attached hydrogens (tertiary/aromatic N) is 3. The van der Waals surface area contributed by atoms with E-state index >= 15 is 0 Å². The number of aryl methyl sites for hydroxylation is 1. The standard InChI is InChI=1S/C17H20N4O2S2/c1-13-4-5-16(24-13)25(22,23)20-12-14-6-9-21(10-7-14)17-15(11-18)3-2-8-19-17/h2-5,8,14,20H,6-7,9-10,12H2,1H3. The van der Waals surface area contributed by atoms with E-state index < -0.39 is 10.0 Å². The van der Waals surface area contributed by atoms with Crippen LogP contribution in [0.15, 0.2) is 34.7 Å². The molecule has 6 nitrogen and oxygen atoms in total. The molecule has 0 atom stereocenters. The molecule has 25 heavy (non-hydrogen) atoms. The molecule has 0 unspecified atom stereocenters. The topological polar surface area (TPSA) is 86.1 Å². The number of thiophene rings is 1. The molecule has 0 radical (unpaired) electrons. The van der Waals surface area contributed by atoms with Gasteiger partial charge in [0.15, 0.2) is 0 Å². The predicted octanol–water partition coefficient (Wildman–Crippen LogP) is 2.52. The first-order chi connectivity index (χ1) is 12.0. The van der Waals surface area contributed by atoms with Crippen molar-refractivity contribution in [1.29, 1.82) is 5.26 Å². The second-order valence-electron chi connectivity index (χ2n) is 6.13. The highest BCUT2D eigenvalue weighted by molar-refractivity contribution is 7.91. The van der Waals surface area contributed by atoms with Gasteiger partial charge in [-0.1, -0.05) is 0 Å². The summed E-state index contributed by atoms with van der Waals surface area (Å²) in [7, 11) is -3.42. The molecule has 1 N–H and O–H groups in total. The van der Waals surface area contributed by atoms with E-state index in [0.29, 0.717) is 22.2 Å². The third kappa shape index (κ3) is 4.18. The molecular weight excluding hydrogens is 356 g/mol. The number of sulfonamides is 1. The average molecular weight is 377 g/mol. The second-order valence-corrected chi connectivity index (χ2v) is 9.42. The fourth-order valence-corrected chi connectivity index (χ4v) is 5.38. The fraction of sp³-hybridized carbons (Fsp3) is 0.412. The maximum atomic E-state index is 12.3. The Bertz CT molecular complexity index is 878. The summed E-state index contributed by atoms with van der Waals surface area (Å²) in [5.41, 5.74) is 0.578. The smallest absolute Gasteiger partial charge is 0.250 e. The van der Waals surface area contributed by atoms with E-state index in [2.05, 4.69) is 20.7 Å². The normalized spacial score (nSPS) is 15.9. The SMILES string of the molecule is Cc1ccc(S(=O)(=O)NCC2CCN(c3ncccc3C#N)CC2)s1. The number of hydrogen-bond donors (Lipinski definition) is 1. The Morgan fingerprint density at radius 1 is 1.36 bits per heavy atom. The molecule has 0 aromatic carbocycles. The zero-order valence-corrected chi connectivity index (χ0v) is 15.6. The summed E-state index contributed by atoms with van der Waals surface area (Å²) in [5, 5.41) is 9.19. The lowest BCUT2D eigenvalue weighted by molar-refractivity contribution is 0.400. The van der Waals surface area contributed by atoms with Crippen LogP contribution < -0.4 is 9.62 Å². The van der Waals surface area contributed by atoms with Crippen molar-refractivity contribution in [2.45, 2.75) is 24.0 Å². The van der Waals surface area contributed by atoms with E-state index in [-0.39, 0.29) is 0 Å². The van der Waals surface area contributed by atoms with E-state index in [1.165, 1.54) is 11.3 Å². The van der Waals surface area contributed by atoms with Crippen LogP contribution in [-0.4, -0.2) is 33.0 Å². The zero-order chi connectivity index (χ0) is 17.9. The lowest BCUT2D eigenvalue weighted by Crippen LogP contribution is -2.39. The second kappa shape index (κ2) is 7.52. The maximum absolute atomic E-state index is 12.3. The molecular formula is C17H20N4O2S2. The van der Waals surface area contributed by atoms with Crippen molar-refractivity contribution in [1.82, 2.24) is 9.71 Å². The van der Waals surface area contributed by atoms with Gasteiger partial charge in [0.1, 0.15) is 16.1 Å². The molecule has 3 rings (SSSR count). The summed E-state index contributed by atoms with van der Waals surface area (Å²) >= 11 is 1.29. The Balaban J connectivity index is 1.56. The number of anilines is 1. The van der Waals surface area contributed by atoms with E-state index in [9.17, 15) is 13.7 Å². The molecule has 1 fully saturated rings. The van der Waals surface area contributed by atoms with Crippen molar-refractivity contribution < 1.29 is 8.42 Å². The van der Waals surface area contributed by atoms with Crippen LogP contribution in [0.3, 0.4) is 0 Å². The van der Waals surface area contributed by atoms with E-state index in [4.69, 9.17) is 0 Å². The van der Waals surface area contributed by atoms with E-state index in [1.807, 2.05) is 13.0 Å². The highest BCUT2D eigenvalue weighted by Gasteiger charge is 2.24. The molecule has 3 heterocycles. The Hall–Kier alpha value is -1.95. The summed E-state index contributed by atoms with van der Waals surface area (Å²) in [6.45, 7) is 3.89. The molecule has 0 saturated carbocycles. The molecule has 0 spiro atoms. The summed E-state index contributed by atoms with van der Waals surface area (Å²) < 4.78 is 27.7. The van der Waals surface area contributed by atoms with Crippen molar-refractivity contribution in [3.8, 4) is 6.07 Å². The highest BCUT2D eigenvalue weighted by atomic mass is 32.2. The first kappa shape index (κ1) is 17.9. The average Bonchev–Trinajstić information content (AvgIpc) is 3.08. The molecule has 1 saturated heterocycles. The Kier molecular flexibility index (Phi) is 5.37. The van der Waals surface area contributed by atoms with Gasteiger partial charge in [0.25, 0.3) is 0 Å². The van der Waals surface area contributed by atoms with Crippen molar-refractivity contribution in [2.24, 2.45) is 5.92 Å². The summed E-state index contributed by atoms with van der Waals surface area (Å²) in [5.74, 6) is 1.01. The first-order valence-corrected chi connectivity index (χ1v) is 10.5. The Morgan fingerprint density at radius 3 is 2.76 bits per heavy atom. The monoisotopic (exact) mass is 376 g/mol.